The van der Waals surface area contributed by atoms with Gasteiger partial charge >= 0.3 is 0 Å². The topological polar surface area (TPSA) is 67.2 Å². The summed E-state index contributed by atoms with van der Waals surface area (Å²) in [4.78, 5) is 16.7. The smallest absolute Gasteiger partial charge is 0.227 e. The summed E-state index contributed by atoms with van der Waals surface area (Å²) in [5.41, 5.74) is 2.97. The lowest BCUT2D eigenvalue weighted by atomic mass is 10.00. The first-order valence-corrected chi connectivity index (χ1v) is 9.59. The molecule has 0 aliphatic heterocycles. The number of anilines is 2. The van der Waals surface area contributed by atoms with E-state index in [1.54, 1.807) is 17.6 Å². The van der Waals surface area contributed by atoms with E-state index in [1.165, 1.54) is 0 Å². The van der Waals surface area contributed by atoms with Gasteiger partial charge in [0, 0.05) is 24.0 Å². The van der Waals surface area contributed by atoms with Gasteiger partial charge in [0.05, 0.1) is 17.9 Å². The molecule has 1 atom stereocenters. The Balaban J connectivity index is 1.47. The van der Waals surface area contributed by atoms with E-state index < -0.39 is 0 Å². The van der Waals surface area contributed by atoms with Gasteiger partial charge in [-0.25, -0.2) is 4.98 Å². The van der Waals surface area contributed by atoms with E-state index in [-0.39, 0.29) is 11.8 Å². The summed E-state index contributed by atoms with van der Waals surface area (Å²) in [6.45, 7) is 4.54. The lowest BCUT2D eigenvalue weighted by Crippen LogP contribution is -2.29. The zero-order valence-electron chi connectivity index (χ0n) is 15.0. The minimum absolute atomic E-state index is 0.0423. The number of hydrogen-bond donors (Lipinski definition) is 2. The minimum atomic E-state index is -0.185. The van der Waals surface area contributed by atoms with Gasteiger partial charge in [0.25, 0.3) is 0 Å². The molecule has 1 amide bonds. The van der Waals surface area contributed by atoms with E-state index in [2.05, 4.69) is 15.6 Å². The van der Waals surface area contributed by atoms with Crippen molar-refractivity contribution in [2.75, 3.05) is 11.9 Å². The number of benzene rings is 1. The van der Waals surface area contributed by atoms with E-state index in [0.717, 1.165) is 40.7 Å². The molecule has 2 N–H and O–H groups in total. The Labute approximate surface area is 157 Å². The molecule has 5 nitrogen and oxygen atoms in total. The summed E-state index contributed by atoms with van der Waals surface area (Å²) in [6.07, 6.45) is 3.37. The van der Waals surface area contributed by atoms with Crippen LogP contribution in [-0.4, -0.2) is 17.4 Å². The monoisotopic (exact) mass is 369 g/mol. The van der Waals surface area contributed by atoms with Gasteiger partial charge in [-0.05, 0) is 50.1 Å². The number of furan rings is 1. The number of amides is 1. The number of aromatic nitrogens is 1. The summed E-state index contributed by atoms with van der Waals surface area (Å²) >= 11 is 1.58. The van der Waals surface area contributed by atoms with E-state index in [9.17, 15) is 4.79 Å². The highest BCUT2D eigenvalue weighted by Gasteiger charge is 2.14. The Morgan fingerprint density at radius 3 is 2.73 bits per heavy atom. The molecule has 2 aromatic heterocycles. The van der Waals surface area contributed by atoms with Crippen molar-refractivity contribution in [1.29, 1.82) is 0 Å². The van der Waals surface area contributed by atoms with Gasteiger partial charge < -0.3 is 15.1 Å². The molecule has 1 aromatic carbocycles. The number of nitrogens with one attached hydrogen (secondary N) is 2. The third-order valence-corrected chi connectivity index (χ3v) is 5.03. The van der Waals surface area contributed by atoms with Crippen molar-refractivity contribution in [3.05, 3.63) is 65.1 Å². The number of rotatable bonds is 8. The van der Waals surface area contributed by atoms with Crippen LogP contribution in [0.15, 0.2) is 52.5 Å². The lowest BCUT2D eigenvalue weighted by molar-refractivity contribution is -0.122. The van der Waals surface area contributed by atoms with Crippen LogP contribution in [0.25, 0.3) is 0 Å². The van der Waals surface area contributed by atoms with Crippen molar-refractivity contribution in [3.63, 3.8) is 0 Å². The predicted molar refractivity (Wildman–Crippen MR) is 105 cm³/mol. The second-order valence-electron chi connectivity index (χ2n) is 6.24. The van der Waals surface area contributed by atoms with Crippen LogP contribution in [0.1, 0.15) is 36.3 Å². The Hall–Kier alpha value is -2.60. The lowest BCUT2D eigenvalue weighted by Gasteiger charge is -2.13. The molecular weight excluding hydrogens is 346 g/mol. The van der Waals surface area contributed by atoms with Crippen molar-refractivity contribution < 1.29 is 9.21 Å². The number of thiazole rings is 1. The first kappa shape index (κ1) is 18.2. The molecule has 0 fully saturated rings. The highest BCUT2D eigenvalue weighted by Crippen LogP contribution is 2.23. The fourth-order valence-corrected chi connectivity index (χ4v) is 3.33. The van der Waals surface area contributed by atoms with Crippen LogP contribution < -0.4 is 10.6 Å². The highest BCUT2D eigenvalue weighted by molar-refractivity contribution is 7.13. The molecule has 0 saturated carbocycles. The van der Waals surface area contributed by atoms with Crippen LogP contribution in [-0.2, 0) is 11.2 Å². The summed E-state index contributed by atoms with van der Waals surface area (Å²) in [6, 6.07) is 11.8. The van der Waals surface area contributed by atoms with E-state index in [4.69, 9.17) is 4.42 Å². The Morgan fingerprint density at radius 1 is 1.27 bits per heavy atom. The van der Waals surface area contributed by atoms with E-state index >= 15 is 0 Å². The van der Waals surface area contributed by atoms with Crippen molar-refractivity contribution in [3.8, 4) is 0 Å². The number of hydrogen-bond acceptors (Lipinski definition) is 5. The second-order valence-corrected chi connectivity index (χ2v) is 7.09. The normalized spacial score (nSPS) is 11.9. The zero-order chi connectivity index (χ0) is 18.4. The molecular formula is C20H23N3O2S. The Morgan fingerprint density at radius 2 is 2.08 bits per heavy atom. The molecule has 0 bridgehead atoms. The van der Waals surface area contributed by atoms with Crippen LogP contribution in [0, 0.1) is 6.92 Å². The van der Waals surface area contributed by atoms with Crippen LogP contribution in [0.2, 0.25) is 0 Å². The van der Waals surface area contributed by atoms with Crippen LogP contribution in [0.5, 0.6) is 0 Å². The van der Waals surface area contributed by atoms with Gasteiger partial charge in [-0.3, -0.25) is 4.79 Å². The second kappa shape index (κ2) is 8.67. The maximum absolute atomic E-state index is 12.3. The third-order valence-electron chi connectivity index (χ3n) is 4.15. The van der Waals surface area contributed by atoms with Crippen molar-refractivity contribution in [2.45, 2.75) is 32.6 Å². The molecule has 0 radical (unpaired) electrons. The Bertz CT molecular complexity index is 825. The number of carbonyl (C=O) groups excluding carboxylic acids is 1. The summed E-state index contributed by atoms with van der Waals surface area (Å²) < 4.78 is 5.29. The SMILES string of the molecule is Cc1csc(Nc2ccc(C(C)C(=O)NCCCc3ccco3)cc2)n1. The summed E-state index contributed by atoms with van der Waals surface area (Å²) in [5.74, 6) is 0.807. The molecule has 3 aromatic rings. The molecule has 0 aliphatic carbocycles. The molecule has 26 heavy (non-hydrogen) atoms. The largest absolute Gasteiger partial charge is 0.469 e. The summed E-state index contributed by atoms with van der Waals surface area (Å²) in [7, 11) is 0. The van der Waals surface area contributed by atoms with E-state index in [0.29, 0.717) is 6.54 Å². The quantitative estimate of drug-likeness (QED) is 0.568. The van der Waals surface area contributed by atoms with Gasteiger partial charge in [-0.1, -0.05) is 12.1 Å². The molecule has 0 saturated heterocycles. The molecule has 6 heteroatoms. The number of nitrogens with zero attached hydrogens (tertiary/aromatic N) is 1. The third kappa shape index (κ3) is 4.95. The first-order chi connectivity index (χ1) is 12.6. The molecule has 0 aliphatic rings. The van der Waals surface area contributed by atoms with Crippen molar-refractivity contribution >= 4 is 28.1 Å². The first-order valence-electron chi connectivity index (χ1n) is 8.71. The fraction of sp³-hybridized carbons (Fsp3) is 0.300. The molecule has 0 spiro atoms. The van der Waals surface area contributed by atoms with Gasteiger partial charge in [-0.15, -0.1) is 11.3 Å². The highest BCUT2D eigenvalue weighted by atomic mass is 32.1. The van der Waals surface area contributed by atoms with Crippen LogP contribution >= 0.6 is 11.3 Å². The van der Waals surface area contributed by atoms with Crippen molar-refractivity contribution in [1.82, 2.24) is 10.3 Å². The molecule has 1 unspecified atom stereocenters. The average Bonchev–Trinajstić information content (AvgIpc) is 3.30. The Kier molecular flexibility index (Phi) is 6.07. The van der Waals surface area contributed by atoms with Crippen molar-refractivity contribution in [2.24, 2.45) is 0 Å². The zero-order valence-corrected chi connectivity index (χ0v) is 15.8. The predicted octanol–water partition coefficient (Wildman–Crippen LogP) is 4.64. The van der Waals surface area contributed by atoms with Gasteiger partial charge in [-0.2, -0.15) is 0 Å². The molecule has 136 valence electrons. The maximum Gasteiger partial charge on any atom is 0.227 e. The number of carbonyl (C=O) groups is 1. The summed E-state index contributed by atoms with van der Waals surface area (Å²) in [5, 5.41) is 9.15. The number of aryl methyl sites for hydroxylation is 2. The van der Waals surface area contributed by atoms with E-state index in [1.807, 2.05) is 55.6 Å². The van der Waals surface area contributed by atoms with Crippen LogP contribution in [0.4, 0.5) is 10.8 Å². The minimum Gasteiger partial charge on any atom is -0.469 e. The fourth-order valence-electron chi connectivity index (χ4n) is 2.62. The van der Waals surface area contributed by atoms with Gasteiger partial charge in [0.15, 0.2) is 5.13 Å². The van der Waals surface area contributed by atoms with Gasteiger partial charge in [0.1, 0.15) is 5.76 Å². The molecule has 3 rings (SSSR count). The maximum atomic E-state index is 12.3. The van der Waals surface area contributed by atoms with Gasteiger partial charge in [0.2, 0.25) is 5.91 Å². The molecule has 2 heterocycles. The van der Waals surface area contributed by atoms with Crippen LogP contribution in [0.3, 0.4) is 0 Å². The average molecular weight is 369 g/mol. The standard InChI is InChI=1S/C20H23N3O2S/c1-14-13-26-20(22-14)23-17-9-7-16(8-10-17)15(2)19(24)21-11-3-5-18-6-4-12-25-18/h4,6-10,12-13,15H,3,5,11H2,1-2H3,(H,21,24)(H,22,23).